The third kappa shape index (κ3) is 2.33. The third-order valence-corrected chi connectivity index (χ3v) is 7.66. The van der Waals surface area contributed by atoms with Crippen molar-refractivity contribution < 1.29 is 14.3 Å². The van der Waals surface area contributed by atoms with Gasteiger partial charge >= 0.3 is 0 Å². The van der Waals surface area contributed by atoms with E-state index < -0.39 is 11.1 Å². The zero-order chi connectivity index (χ0) is 20.5. The fourth-order valence-electron chi connectivity index (χ4n) is 5.91. The van der Waals surface area contributed by atoms with Crippen LogP contribution in [0.15, 0.2) is 54.6 Å². The molecule has 5 heteroatoms. The molecule has 3 saturated heterocycles. The number of nitrogens with zero attached hydrogens (tertiary/aromatic N) is 2. The summed E-state index contributed by atoms with van der Waals surface area (Å²) in [6, 6.07) is 18.2. The topological polar surface area (TPSA) is 49.9 Å². The van der Waals surface area contributed by atoms with Crippen molar-refractivity contribution in [2.45, 2.75) is 55.8 Å². The normalized spacial score (nSPS) is 31.0. The smallest absolute Gasteiger partial charge is 0.233 e. The number of hydrogen-bond acceptors (Lipinski definition) is 3. The molecule has 3 aliphatic heterocycles. The van der Waals surface area contributed by atoms with Gasteiger partial charge in [-0.05, 0) is 30.9 Å². The molecule has 4 aliphatic rings. The zero-order valence-corrected chi connectivity index (χ0v) is 17.2. The Morgan fingerprint density at radius 1 is 1.03 bits per heavy atom. The molecule has 0 N–H and O–H groups in total. The minimum Gasteiger partial charge on any atom is -0.351 e. The Kier molecular flexibility index (Phi) is 3.73. The Morgan fingerprint density at radius 3 is 2.47 bits per heavy atom. The Bertz CT molecular complexity index is 1010. The highest BCUT2D eigenvalue weighted by molar-refractivity contribution is 5.93. The molecular formula is C25H26N2O3. The highest BCUT2D eigenvalue weighted by atomic mass is 16.5. The van der Waals surface area contributed by atoms with Crippen LogP contribution < -0.4 is 0 Å². The molecule has 1 saturated carbocycles. The van der Waals surface area contributed by atoms with Crippen LogP contribution in [-0.2, 0) is 19.7 Å². The van der Waals surface area contributed by atoms with Gasteiger partial charge in [-0.1, -0.05) is 60.2 Å². The van der Waals surface area contributed by atoms with Gasteiger partial charge in [0, 0.05) is 13.0 Å². The Hall–Kier alpha value is -2.66. The Morgan fingerprint density at radius 2 is 1.77 bits per heavy atom. The summed E-state index contributed by atoms with van der Waals surface area (Å²) in [6.07, 6.45) is 2.83. The predicted molar refractivity (Wildman–Crippen MR) is 112 cm³/mol. The summed E-state index contributed by atoms with van der Waals surface area (Å²) in [6.45, 7) is 3.22. The second-order valence-electron chi connectivity index (χ2n) is 9.26. The lowest BCUT2D eigenvalue weighted by atomic mass is 9.93. The summed E-state index contributed by atoms with van der Waals surface area (Å²) in [5.41, 5.74) is 2.34. The quantitative estimate of drug-likeness (QED) is 0.791. The molecule has 2 amide bonds. The number of carbonyl (C=O) groups excluding carboxylic acids is 2. The monoisotopic (exact) mass is 402 g/mol. The van der Waals surface area contributed by atoms with Gasteiger partial charge in [0.05, 0.1) is 30.5 Å². The maximum atomic E-state index is 13.7. The van der Waals surface area contributed by atoms with Gasteiger partial charge in [-0.25, -0.2) is 0 Å². The number of amides is 2. The van der Waals surface area contributed by atoms with Crippen LogP contribution in [0.25, 0.3) is 0 Å². The first kappa shape index (κ1) is 18.1. The van der Waals surface area contributed by atoms with Gasteiger partial charge < -0.3 is 14.5 Å². The molecule has 154 valence electrons. The zero-order valence-electron chi connectivity index (χ0n) is 17.2. The van der Waals surface area contributed by atoms with Crippen molar-refractivity contribution in [3.8, 4) is 0 Å². The van der Waals surface area contributed by atoms with Gasteiger partial charge in [0.2, 0.25) is 11.8 Å². The van der Waals surface area contributed by atoms with Gasteiger partial charge in [0.15, 0.2) is 5.72 Å². The molecule has 4 fully saturated rings. The number of aryl methyl sites for hydroxylation is 1. The van der Waals surface area contributed by atoms with Crippen molar-refractivity contribution in [2.75, 3.05) is 13.2 Å². The van der Waals surface area contributed by atoms with Gasteiger partial charge in [0.25, 0.3) is 0 Å². The average Bonchev–Trinajstić information content (AvgIpc) is 3.27. The predicted octanol–water partition coefficient (Wildman–Crippen LogP) is 3.33. The van der Waals surface area contributed by atoms with E-state index in [9.17, 15) is 9.59 Å². The Balaban J connectivity index is 1.31. The number of ether oxygens (including phenoxy) is 1. The first-order valence-electron chi connectivity index (χ1n) is 10.9. The molecule has 1 spiro atoms. The third-order valence-electron chi connectivity index (χ3n) is 7.66. The summed E-state index contributed by atoms with van der Waals surface area (Å²) >= 11 is 0. The van der Waals surface area contributed by atoms with E-state index in [1.54, 1.807) is 0 Å². The van der Waals surface area contributed by atoms with Crippen LogP contribution in [0.1, 0.15) is 48.4 Å². The lowest BCUT2D eigenvalue weighted by Crippen LogP contribution is -2.50. The van der Waals surface area contributed by atoms with E-state index in [0.29, 0.717) is 26.0 Å². The maximum absolute atomic E-state index is 13.7. The first-order valence-corrected chi connectivity index (χ1v) is 10.9. The second kappa shape index (κ2) is 6.17. The van der Waals surface area contributed by atoms with Crippen LogP contribution in [0.4, 0.5) is 0 Å². The molecule has 1 aliphatic carbocycles. The number of likely N-dealkylation sites (tertiary alicyclic amines) is 1. The fraction of sp³-hybridized carbons (Fsp3) is 0.440. The SMILES string of the molecule is Cc1ccc(C2(C(=O)N3CC[C@@]45OC[C@@H](c6ccccc6)N4C(=O)C[C@@H]35)CC2)cc1. The van der Waals surface area contributed by atoms with Crippen molar-refractivity contribution in [1.82, 2.24) is 9.80 Å². The standard InChI is InChI=1S/C25H26N2O3/c1-17-7-9-19(10-8-17)24(11-12-24)23(29)26-14-13-25-21(26)15-22(28)27(25)20(16-30-25)18-5-3-2-4-6-18/h2-10,20-21H,11-16H2,1H3/t20-,21+,25-/m0/s1. The summed E-state index contributed by atoms with van der Waals surface area (Å²) < 4.78 is 6.37. The molecule has 0 unspecified atom stereocenters. The molecule has 2 aromatic carbocycles. The number of rotatable bonds is 3. The molecule has 30 heavy (non-hydrogen) atoms. The van der Waals surface area contributed by atoms with Crippen LogP contribution in [0.2, 0.25) is 0 Å². The highest BCUT2D eigenvalue weighted by Gasteiger charge is 2.67. The first-order chi connectivity index (χ1) is 14.6. The van der Waals surface area contributed by atoms with Gasteiger partial charge in [-0.2, -0.15) is 0 Å². The van der Waals surface area contributed by atoms with Crippen molar-refractivity contribution in [1.29, 1.82) is 0 Å². The molecule has 0 aromatic heterocycles. The summed E-state index contributed by atoms with van der Waals surface area (Å²) in [7, 11) is 0. The number of carbonyl (C=O) groups is 2. The van der Waals surface area contributed by atoms with Crippen LogP contribution in [0.3, 0.4) is 0 Å². The van der Waals surface area contributed by atoms with E-state index in [1.807, 2.05) is 28.0 Å². The molecular weight excluding hydrogens is 376 g/mol. The molecule has 2 aromatic rings. The fourth-order valence-corrected chi connectivity index (χ4v) is 5.91. The van der Waals surface area contributed by atoms with Gasteiger partial charge in [0.1, 0.15) is 0 Å². The van der Waals surface area contributed by atoms with Crippen molar-refractivity contribution in [3.05, 3.63) is 71.3 Å². The van der Waals surface area contributed by atoms with Gasteiger partial charge in [-0.3, -0.25) is 9.59 Å². The molecule has 0 radical (unpaired) electrons. The van der Waals surface area contributed by atoms with Crippen LogP contribution in [0, 0.1) is 6.92 Å². The summed E-state index contributed by atoms with van der Waals surface area (Å²) in [4.78, 5) is 30.8. The number of hydrogen-bond donors (Lipinski definition) is 0. The molecule has 5 nitrogen and oxygen atoms in total. The van der Waals surface area contributed by atoms with Gasteiger partial charge in [-0.15, -0.1) is 0 Å². The molecule has 3 atom stereocenters. The van der Waals surface area contributed by atoms with Crippen molar-refractivity contribution >= 4 is 11.8 Å². The van der Waals surface area contributed by atoms with Crippen molar-refractivity contribution in [3.63, 3.8) is 0 Å². The summed E-state index contributed by atoms with van der Waals surface area (Å²) in [5.74, 6) is 0.277. The van der Waals surface area contributed by atoms with E-state index in [4.69, 9.17) is 4.74 Å². The van der Waals surface area contributed by atoms with Crippen LogP contribution >= 0.6 is 0 Å². The second-order valence-corrected chi connectivity index (χ2v) is 9.26. The van der Waals surface area contributed by atoms with E-state index in [-0.39, 0.29) is 23.9 Å². The highest BCUT2D eigenvalue weighted by Crippen LogP contribution is 2.55. The van der Waals surface area contributed by atoms with E-state index in [2.05, 4.69) is 43.3 Å². The molecule has 6 rings (SSSR count). The van der Waals surface area contributed by atoms with E-state index >= 15 is 0 Å². The van der Waals surface area contributed by atoms with E-state index in [1.165, 1.54) is 5.56 Å². The maximum Gasteiger partial charge on any atom is 0.233 e. The average molecular weight is 402 g/mol. The largest absolute Gasteiger partial charge is 0.351 e. The van der Waals surface area contributed by atoms with Crippen LogP contribution in [0.5, 0.6) is 0 Å². The summed E-state index contributed by atoms with van der Waals surface area (Å²) in [5, 5.41) is 0. The number of benzene rings is 2. The van der Waals surface area contributed by atoms with E-state index in [0.717, 1.165) is 24.0 Å². The van der Waals surface area contributed by atoms with Crippen molar-refractivity contribution in [2.24, 2.45) is 0 Å². The lowest BCUT2D eigenvalue weighted by molar-refractivity contribution is -0.142. The minimum atomic E-state index is -0.656. The van der Waals surface area contributed by atoms with Crippen LogP contribution in [-0.4, -0.2) is 46.5 Å². The lowest BCUT2D eigenvalue weighted by Gasteiger charge is -2.34. The molecule has 3 heterocycles. The molecule has 0 bridgehead atoms. The Labute approximate surface area is 176 Å². The minimum absolute atomic E-state index is 0.0641.